The lowest BCUT2D eigenvalue weighted by atomic mass is 9.95. The third kappa shape index (κ3) is 4.89. The molecule has 1 aliphatic rings. The third-order valence-corrected chi connectivity index (χ3v) is 6.36. The van der Waals surface area contributed by atoms with Gasteiger partial charge in [0, 0.05) is 5.92 Å². The molecule has 0 saturated heterocycles. The highest BCUT2D eigenvalue weighted by Gasteiger charge is 2.35. The Hall–Kier alpha value is -4.13. The molecule has 3 aromatic carbocycles. The average Bonchev–Trinajstić information content (AvgIpc) is 3.17. The molecule has 0 aliphatic heterocycles. The standard InChI is InChI=1S/C28H28N2O5/c1-3-16-28(2,26(32)33)30-25(31)22-14-8-9-15-24(22)29-27(34)35-17-23-20-12-6-4-10-18(20)19-11-5-7-13-21(19)23/h4-15,23H,3,16-17H2,1-2H3,(H,29,34)(H,30,31)(H,32,33). The van der Waals surface area contributed by atoms with E-state index in [-0.39, 0.29) is 30.2 Å². The number of ether oxygens (including phenoxy) is 1. The molecule has 180 valence electrons. The van der Waals surface area contributed by atoms with Crippen molar-refractivity contribution in [3.63, 3.8) is 0 Å². The number of aliphatic carboxylic acids is 1. The Labute approximate surface area is 204 Å². The summed E-state index contributed by atoms with van der Waals surface area (Å²) in [5, 5.41) is 14.8. The number of rotatable bonds is 8. The van der Waals surface area contributed by atoms with Crippen molar-refractivity contribution in [2.45, 2.75) is 38.1 Å². The van der Waals surface area contributed by atoms with Crippen molar-refractivity contribution in [3.8, 4) is 11.1 Å². The van der Waals surface area contributed by atoms with Crippen molar-refractivity contribution >= 4 is 23.7 Å². The maximum absolute atomic E-state index is 12.9. The highest BCUT2D eigenvalue weighted by Crippen LogP contribution is 2.44. The van der Waals surface area contributed by atoms with Crippen LogP contribution in [0.2, 0.25) is 0 Å². The quantitative estimate of drug-likeness (QED) is 0.406. The van der Waals surface area contributed by atoms with Crippen LogP contribution in [0.15, 0.2) is 72.8 Å². The number of fused-ring (bicyclic) bond motifs is 3. The maximum atomic E-state index is 12.9. The molecule has 4 rings (SSSR count). The first-order valence-corrected chi connectivity index (χ1v) is 11.6. The number of carbonyl (C=O) groups is 3. The number of nitrogens with one attached hydrogen (secondary N) is 2. The largest absolute Gasteiger partial charge is 0.480 e. The normalized spacial score (nSPS) is 13.8. The summed E-state index contributed by atoms with van der Waals surface area (Å²) in [6.45, 7) is 3.46. The Morgan fingerprint density at radius 2 is 1.49 bits per heavy atom. The molecular weight excluding hydrogens is 444 g/mol. The number of carboxylic acids is 1. The first kappa shape index (κ1) is 24.0. The van der Waals surface area contributed by atoms with E-state index in [1.807, 2.05) is 43.3 Å². The topological polar surface area (TPSA) is 105 Å². The van der Waals surface area contributed by atoms with Gasteiger partial charge in [-0.3, -0.25) is 10.1 Å². The van der Waals surface area contributed by atoms with Gasteiger partial charge in [-0.05, 0) is 47.7 Å². The van der Waals surface area contributed by atoms with Crippen molar-refractivity contribution in [1.29, 1.82) is 0 Å². The number of benzene rings is 3. The van der Waals surface area contributed by atoms with Gasteiger partial charge in [0.05, 0.1) is 11.3 Å². The van der Waals surface area contributed by atoms with Crippen molar-refractivity contribution in [3.05, 3.63) is 89.5 Å². The van der Waals surface area contributed by atoms with E-state index >= 15 is 0 Å². The van der Waals surface area contributed by atoms with Crippen molar-refractivity contribution in [2.75, 3.05) is 11.9 Å². The number of para-hydroxylation sites is 1. The molecule has 0 fully saturated rings. The molecule has 0 aromatic heterocycles. The van der Waals surface area contributed by atoms with Gasteiger partial charge in [0.25, 0.3) is 5.91 Å². The summed E-state index contributed by atoms with van der Waals surface area (Å²) in [6, 6.07) is 22.6. The molecule has 1 unspecified atom stereocenters. The fourth-order valence-electron chi connectivity index (χ4n) is 4.58. The zero-order chi connectivity index (χ0) is 25.0. The van der Waals surface area contributed by atoms with Crippen LogP contribution in [0.4, 0.5) is 10.5 Å². The molecule has 0 saturated carbocycles. The van der Waals surface area contributed by atoms with Crippen molar-refractivity contribution in [1.82, 2.24) is 5.32 Å². The minimum atomic E-state index is -1.41. The first-order chi connectivity index (χ1) is 16.8. The summed E-state index contributed by atoms with van der Waals surface area (Å²) < 4.78 is 5.58. The lowest BCUT2D eigenvalue weighted by Crippen LogP contribution is -2.52. The Kier molecular flexibility index (Phi) is 6.87. The van der Waals surface area contributed by atoms with Gasteiger partial charge in [0.1, 0.15) is 12.1 Å². The number of carbonyl (C=O) groups excluding carboxylic acids is 2. The molecule has 1 atom stereocenters. The predicted octanol–water partition coefficient (Wildman–Crippen LogP) is 5.42. The average molecular weight is 473 g/mol. The lowest BCUT2D eigenvalue weighted by molar-refractivity contribution is -0.144. The van der Waals surface area contributed by atoms with Crippen LogP contribution in [0.5, 0.6) is 0 Å². The zero-order valence-corrected chi connectivity index (χ0v) is 19.7. The van der Waals surface area contributed by atoms with Crippen molar-refractivity contribution in [2.24, 2.45) is 0 Å². The summed E-state index contributed by atoms with van der Waals surface area (Å²) >= 11 is 0. The second kappa shape index (κ2) is 10.0. The number of hydrogen-bond acceptors (Lipinski definition) is 4. The Bertz CT molecular complexity index is 1230. The summed E-state index contributed by atoms with van der Waals surface area (Å²) in [5.41, 5.74) is 3.45. The summed E-state index contributed by atoms with van der Waals surface area (Å²) in [7, 11) is 0. The highest BCUT2D eigenvalue weighted by molar-refractivity contribution is 6.04. The molecule has 3 aromatic rings. The van der Waals surface area contributed by atoms with Crippen LogP contribution in [0.1, 0.15) is 54.1 Å². The van der Waals surface area contributed by atoms with E-state index in [2.05, 4.69) is 22.8 Å². The van der Waals surface area contributed by atoms with Gasteiger partial charge in [-0.25, -0.2) is 9.59 Å². The van der Waals surface area contributed by atoms with Gasteiger partial charge >= 0.3 is 12.1 Å². The molecule has 35 heavy (non-hydrogen) atoms. The minimum Gasteiger partial charge on any atom is -0.480 e. The molecule has 3 N–H and O–H groups in total. The van der Waals surface area contributed by atoms with E-state index in [1.54, 1.807) is 18.2 Å². The molecule has 0 radical (unpaired) electrons. The van der Waals surface area contributed by atoms with Crippen LogP contribution in [0.3, 0.4) is 0 Å². The highest BCUT2D eigenvalue weighted by atomic mass is 16.5. The van der Waals surface area contributed by atoms with Crippen LogP contribution in [-0.4, -0.2) is 35.2 Å². The molecule has 0 heterocycles. The molecular formula is C28H28N2O5. The minimum absolute atomic E-state index is 0.0861. The SMILES string of the molecule is CCCC(C)(NC(=O)c1ccccc1NC(=O)OCC1c2ccccc2-c2ccccc21)C(=O)O. The van der Waals surface area contributed by atoms with Gasteiger partial charge in [0.2, 0.25) is 0 Å². The monoisotopic (exact) mass is 472 g/mol. The first-order valence-electron chi connectivity index (χ1n) is 11.6. The van der Waals surface area contributed by atoms with Gasteiger partial charge < -0.3 is 15.2 Å². The molecule has 0 spiro atoms. The predicted molar refractivity (Wildman–Crippen MR) is 134 cm³/mol. The smallest absolute Gasteiger partial charge is 0.411 e. The molecule has 1 aliphatic carbocycles. The molecule has 2 amide bonds. The van der Waals surface area contributed by atoms with E-state index in [0.717, 1.165) is 22.3 Å². The van der Waals surface area contributed by atoms with Crippen LogP contribution in [-0.2, 0) is 9.53 Å². The van der Waals surface area contributed by atoms with Crippen LogP contribution < -0.4 is 10.6 Å². The van der Waals surface area contributed by atoms with E-state index < -0.39 is 23.5 Å². The van der Waals surface area contributed by atoms with E-state index in [4.69, 9.17) is 4.74 Å². The van der Waals surface area contributed by atoms with Crippen LogP contribution in [0.25, 0.3) is 11.1 Å². The van der Waals surface area contributed by atoms with Gasteiger partial charge in [-0.2, -0.15) is 0 Å². The Balaban J connectivity index is 1.47. The molecule has 7 heteroatoms. The zero-order valence-electron chi connectivity index (χ0n) is 19.7. The summed E-state index contributed by atoms with van der Waals surface area (Å²) in [4.78, 5) is 37.3. The Morgan fingerprint density at radius 3 is 2.09 bits per heavy atom. The molecule has 0 bridgehead atoms. The second-order valence-electron chi connectivity index (χ2n) is 8.84. The van der Waals surface area contributed by atoms with Crippen LogP contribution in [0, 0.1) is 0 Å². The number of carboxylic acid groups (broad SMARTS) is 1. The number of amides is 2. The van der Waals surface area contributed by atoms with E-state index in [1.165, 1.54) is 13.0 Å². The fourth-order valence-corrected chi connectivity index (χ4v) is 4.58. The van der Waals surface area contributed by atoms with E-state index in [9.17, 15) is 19.5 Å². The van der Waals surface area contributed by atoms with Crippen molar-refractivity contribution < 1.29 is 24.2 Å². The fraction of sp³-hybridized carbons (Fsp3) is 0.250. The molecule has 7 nitrogen and oxygen atoms in total. The number of hydrogen-bond donors (Lipinski definition) is 3. The number of anilines is 1. The lowest BCUT2D eigenvalue weighted by Gasteiger charge is -2.26. The van der Waals surface area contributed by atoms with Crippen LogP contribution >= 0.6 is 0 Å². The summed E-state index contributed by atoms with van der Waals surface area (Å²) in [6.07, 6.45) is 0.167. The summed E-state index contributed by atoms with van der Waals surface area (Å²) in [5.74, 6) is -1.79. The van der Waals surface area contributed by atoms with Gasteiger partial charge in [-0.1, -0.05) is 74.0 Å². The van der Waals surface area contributed by atoms with E-state index in [0.29, 0.717) is 6.42 Å². The van der Waals surface area contributed by atoms with Gasteiger partial charge in [-0.15, -0.1) is 0 Å². The Morgan fingerprint density at radius 1 is 0.914 bits per heavy atom. The maximum Gasteiger partial charge on any atom is 0.411 e. The van der Waals surface area contributed by atoms with Gasteiger partial charge in [0.15, 0.2) is 0 Å². The second-order valence-corrected chi connectivity index (χ2v) is 8.84. The third-order valence-electron chi connectivity index (χ3n) is 6.36.